The zero-order valence-electron chi connectivity index (χ0n) is 19.6. The number of benzene rings is 4. The second-order valence-corrected chi connectivity index (χ2v) is 8.88. The van der Waals surface area contributed by atoms with E-state index in [0.717, 1.165) is 62.3 Å². The number of rotatable bonds is 5. The largest absolute Gasteiger partial charge is 0.489 e. The Labute approximate surface area is 211 Å². The van der Waals surface area contributed by atoms with Gasteiger partial charge in [0.2, 0.25) is 5.69 Å². The summed E-state index contributed by atoms with van der Waals surface area (Å²) in [4.78, 5) is 6.63. The van der Waals surface area contributed by atoms with Gasteiger partial charge in [-0.25, -0.2) is 4.99 Å². The minimum atomic E-state index is -4.39. The first-order chi connectivity index (χ1) is 18.0. The Bertz CT molecular complexity index is 1650. The molecule has 6 rings (SSSR count). The molecule has 0 saturated carbocycles. The molecule has 0 saturated heterocycles. The molecule has 0 aliphatic carbocycles. The van der Waals surface area contributed by atoms with Crippen molar-refractivity contribution in [1.29, 1.82) is 0 Å². The zero-order valence-corrected chi connectivity index (χ0v) is 19.6. The fraction of sp³-hybridized carbons (Fsp3) is 0.0645. The lowest BCUT2D eigenvalue weighted by molar-refractivity contribution is -0.342. The molecule has 0 bridgehead atoms. The minimum absolute atomic E-state index is 0.457. The number of aromatic amines is 1. The molecule has 182 valence electrons. The molecule has 0 fully saturated rings. The van der Waals surface area contributed by atoms with Crippen molar-refractivity contribution in [3.8, 4) is 5.75 Å². The van der Waals surface area contributed by atoms with Gasteiger partial charge in [-0.15, -0.1) is 0 Å². The average molecular weight is 496 g/mol. The molecule has 37 heavy (non-hydrogen) atoms. The second kappa shape index (κ2) is 9.13. The van der Waals surface area contributed by atoms with E-state index in [9.17, 15) is 13.2 Å². The standard InChI is InChI=1S/C31H21F3N2O/c32-31(33,34)22-12-10-21(11-13-22)30(26-17-35-28-9-5-4-8-24(26)28)27-18-36-29-16-23(14-15-25(27)29)37-19-20-6-2-1-3-7-20/h1-18,36H,19H2/p+1/b30-26+. The summed E-state index contributed by atoms with van der Waals surface area (Å²) in [6.07, 6.45) is -0.579. The molecule has 0 amide bonds. The predicted molar refractivity (Wildman–Crippen MR) is 140 cm³/mol. The van der Waals surface area contributed by atoms with E-state index in [0.29, 0.717) is 12.2 Å². The van der Waals surface area contributed by atoms with Gasteiger partial charge in [-0.2, -0.15) is 13.2 Å². The van der Waals surface area contributed by atoms with Gasteiger partial charge < -0.3 is 9.72 Å². The van der Waals surface area contributed by atoms with Crippen LogP contribution in [-0.4, -0.2) is 11.2 Å². The molecule has 1 aliphatic rings. The van der Waals surface area contributed by atoms with Gasteiger partial charge in [0.15, 0.2) is 6.21 Å². The number of allylic oxidation sites excluding steroid dienone is 1. The van der Waals surface area contributed by atoms with Crippen LogP contribution in [0.3, 0.4) is 0 Å². The normalized spacial score (nSPS) is 14.1. The number of nitrogens with one attached hydrogen (secondary N) is 2. The quantitative estimate of drug-likeness (QED) is 0.286. The van der Waals surface area contributed by atoms with Crippen LogP contribution in [-0.2, 0) is 12.8 Å². The summed E-state index contributed by atoms with van der Waals surface area (Å²) in [6.45, 7) is 0.457. The summed E-state index contributed by atoms with van der Waals surface area (Å²) in [5, 5.41) is 0.951. The highest BCUT2D eigenvalue weighted by Crippen LogP contribution is 2.39. The van der Waals surface area contributed by atoms with E-state index in [1.54, 1.807) is 0 Å². The Balaban J connectivity index is 1.44. The molecule has 4 aromatic carbocycles. The Morgan fingerprint density at radius 3 is 2.38 bits per heavy atom. The van der Waals surface area contributed by atoms with Gasteiger partial charge in [-0.3, -0.25) is 0 Å². The van der Waals surface area contributed by atoms with Gasteiger partial charge in [0.05, 0.1) is 16.7 Å². The number of ether oxygens (including phenoxy) is 1. The monoisotopic (exact) mass is 495 g/mol. The summed E-state index contributed by atoms with van der Waals surface area (Å²) in [7, 11) is 0. The van der Waals surface area contributed by atoms with Crippen LogP contribution in [0.1, 0.15) is 27.8 Å². The molecule has 0 unspecified atom stereocenters. The van der Waals surface area contributed by atoms with E-state index >= 15 is 0 Å². The molecule has 3 nitrogen and oxygen atoms in total. The fourth-order valence-electron chi connectivity index (χ4n) is 4.70. The van der Waals surface area contributed by atoms with Crippen LogP contribution in [0.4, 0.5) is 18.9 Å². The average Bonchev–Trinajstić information content (AvgIpc) is 3.53. The van der Waals surface area contributed by atoms with Crippen molar-refractivity contribution >= 4 is 34.0 Å². The van der Waals surface area contributed by atoms with Gasteiger partial charge in [0.1, 0.15) is 12.4 Å². The number of fused-ring (bicyclic) bond motifs is 2. The molecule has 0 atom stereocenters. The Kier molecular flexibility index (Phi) is 5.64. The highest BCUT2D eigenvalue weighted by atomic mass is 19.4. The summed E-state index contributed by atoms with van der Waals surface area (Å²) >= 11 is 0. The zero-order chi connectivity index (χ0) is 25.4. The summed E-state index contributed by atoms with van der Waals surface area (Å²) in [5.74, 6) is 0.730. The predicted octanol–water partition coefficient (Wildman–Crippen LogP) is 6.52. The fourth-order valence-corrected chi connectivity index (χ4v) is 4.70. The van der Waals surface area contributed by atoms with Gasteiger partial charge in [-0.05, 0) is 41.5 Å². The summed E-state index contributed by atoms with van der Waals surface area (Å²) < 4.78 is 45.8. The SMILES string of the molecule is FC(F)(F)c1ccc(/C(=C2/C=[NH+]c3ccccc32)c2c[nH]c3cc(OCc4ccccc4)ccc23)cc1. The van der Waals surface area contributed by atoms with Crippen molar-refractivity contribution in [2.45, 2.75) is 12.8 Å². The lowest BCUT2D eigenvalue weighted by atomic mass is 9.89. The third kappa shape index (κ3) is 4.42. The summed E-state index contributed by atoms with van der Waals surface area (Å²) in [6, 6.07) is 29.0. The van der Waals surface area contributed by atoms with E-state index in [-0.39, 0.29) is 0 Å². The van der Waals surface area contributed by atoms with Crippen LogP contribution >= 0.6 is 0 Å². The van der Waals surface area contributed by atoms with Crippen LogP contribution in [0.2, 0.25) is 0 Å². The number of aromatic nitrogens is 1. The summed E-state index contributed by atoms with van der Waals surface area (Å²) in [5.41, 5.74) is 6.59. The number of H-pyrrole nitrogens is 1. The van der Waals surface area contributed by atoms with Crippen LogP contribution in [0, 0.1) is 0 Å². The molecule has 6 heteroatoms. The molecular weight excluding hydrogens is 473 g/mol. The van der Waals surface area contributed by atoms with Crippen LogP contribution in [0.15, 0.2) is 103 Å². The van der Waals surface area contributed by atoms with E-state index in [2.05, 4.69) is 9.98 Å². The van der Waals surface area contributed by atoms with Gasteiger partial charge in [-0.1, -0.05) is 54.6 Å². The Hall–Kier alpha value is -4.58. The number of para-hydroxylation sites is 1. The maximum atomic E-state index is 13.3. The van der Waals surface area contributed by atoms with Gasteiger partial charge in [0, 0.05) is 40.4 Å². The van der Waals surface area contributed by atoms with E-state index < -0.39 is 11.7 Å². The number of hydrogen-bond acceptors (Lipinski definition) is 1. The van der Waals surface area contributed by atoms with Crippen LogP contribution in [0.25, 0.3) is 22.0 Å². The molecule has 0 radical (unpaired) electrons. The lowest BCUT2D eigenvalue weighted by Gasteiger charge is -2.13. The molecular formula is C31H22F3N2O+. The maximum absolute atomic E-state index is 13.3. The third-order valence-corrected chi connectivity index (χ3v) is 6.53. The molecule has 2 N–H and O–H groups in total. The first kappa shape index (κ1) is 22.9. The highest BCUT2D eigenvalue weighted by molar-refractivity contribution is 6.24. The van der Waals surface area contributed by atoms with Crippen LogP contribution < -0.4 is 9.73 Å². The number of alkyl halides is 3. The van der Waals surface area contributed by atoms with Gasteiger partial charge in [0.25, 0.3) is 0 Å². The number of hydrogen-bond donors (Lipinski definition) is 2. The molecule has 2 heterocycles. The molecule has 0 spiro atoms. The first-order valence-corrected chi connectivity index (χ1v) is 11.9. The lowest BCUT2D eigenvalue weighted by Crippen LogP contribution is -2.58. The van der Waals surface area contributed by atoms with Crippen LogP contribution in [0.5, 0.6) is 5.75 Å². The molecule has 1 aromatic heterocycles. The van der Waals surface area contributed by atoms with E-state index in [1.807, 2.05) is 85.2 Å². The maximum Gasteiger partial charge on any atom is 0.416 e. The second-order valence-electron chi connectivity index (χ2n) is 8.88. The third-order valence-electron chi connectivity index (χ3n) is 6.53. The van der Waals surface area contributed by atoms with Crippen molar-refractivity contribution < 1.29 is 22.9 Å². The van der Waals surface area contributed by atoms with Crippen molar-refractivity contribution in [3.63, 3.8) is 0 Å². The minimum Gasteiger partial charge on any atom is -0.489 e. The van der Waals surface area contributed by atoms with Gasteiger partial charge >= 0.3 is 6.18 Å². The van der Waals surface area contributed by atoms with E-state index in [1.165, 1.54) is 12.1 Å². The first-order valence-electron chi connectivity index (χ1n) is 11.9. The topological polar surface area (TPSA) is 39.0 Å². The Morgan fingerprint density at radius 2 is 1.59 bits per heavy atom. The number of halogens is 3. The molecule has 5 aromatic rings. The Morgan fingerprint density at radius 1 is 0.838 bits per heavy atom. The van der Waals surface area contributed by atoms with Crippen molar-refractivity contribution in [1.82, 2.24) is 4.98 Å². The van der Waals surface area contributed by atoms with E-state index in [4.69, 9.17) is 4.74 Å². The van der Waals surface area contributed by atoms with Crippen molar-refractivity contribution in [2.24, 2.45) is 0 Å². The van der Waals surface area contributed by atoms with Crippen molar-refractivity contribution in [3.05, 3.63) is 131 Å². The highest BCUT2D eigenvalue weighted by Gasteiger charge is 2.31. The smallest absolute Gasteiger partial charge is 0.416 e. The van der Waals surface area contributed by atoms with Crippen molar-refractivity contribution in [2.75, 3.05) is 0 Å². The molecule has 1 aliphatic heterocycles.